The largest absolute Gasteiger partial charge is 0.466 e. The van der Waals surface area contributed by atoms with Gasteiger partial charge in [0, 0.05) is 5.56 Å². The summed E-state index contributed by atoms with van der Waals surface area (Å²) in [5, 5.41) is 0. The van der Waals surface area contributed by atoms with Crippen molar-refractivity contribution in [3.05, 3.63) is 35.4 Å². The van der Waals surface area contributed by atoms with Gasteiger partial charge in [-0.3, -0.25) is 9.59 Å². The van der Waals surface area contributed by atoms with Crippen LogP contribution < -0.4 is 0 Å². The van der Waals surface area contributed by atoms with Gasteiger partial charge in [0.15, 0.2) is 0 Å². The number of esters is 1. The van der Waals surface area contributed by atoms with E-state index in [1.54, 1.807) is 38.1 Å². The summed E-state index contributed by atoms with van der Waals surface area (Å²) < 4.78 is 9.75. The molecule has 0 radical (unpaired) electrons. The van der Waals surface area contributed by atoms with E-state index in [4.69, 9.17) is 9.47 Å². The van der Waals surface area contributed by atoms with E-state index in [0.717, 1.165) is 4.90 Å². The summed E-state index contributed by atoms with van der Waals surface area (Å²) in [6.07, 6.45) is -0.661. The molecule has 1 fully saturated rings. The number of hydrogen-bond acceptors (Lipinski definition) is 5. The Morgan fingerprint density at radius 3 is 2.71 bits per heavy atom. The topological polar surface area (TPSA) is 72.9 Å². The molecule has 0 aliphatic carbocycles. The quantitative estimate of drug-likeness (QED) is 0.790. The van der Waals surface area contributed by atoms with Crippen LogP contribution in [0, 0.1) is 0 Å². The van der Waals surface area contributed by atoms with E-state index in [1.165, 1.54) is 0 Å². The lowest BCUT2D eigenvalue weighted by atomic mass is 10.0. The Hall–Kier alpha value is -2.37. The van der Waals surface area contributed by atoms with Gasteiger partial charge >= 0.3 is 12.1 Å². The number of rotatable bonds is 4. The Balaban J connectivity index is 2.25. The predicted octanol–water partition coefficient (Wildman–Crippen LogP) is 1.77. The van der Waals surface area contributed by atoms with E-state index in [0.29, 0.717) is 11.1 Å². The fraction of sp³-hybridized carbons (Fsp3) is 0.400. The molecule has 0 N–H and O–H groups in total. The Bertz CT molecular complexity index is 569. The van der Waals surface area contributed by atoms with Crippen molar-refractivity contribution in [1.29, 1.82) is 0 Å². The second-order valence-electron chi connectivity index (χ2n) is 4.74. The lowest BCUT2D eigenvalue weighted by molar-refractivity contribution is -0.142. The van der Waals surface area contributed by atoms with Crippen LogP contribution in [-0.2, 0) is 20.7 Å². The highest BCUT2D eigenvalue weighted by molar-refractivity contribution is 6.05. The Labute approximate surface area is 122 Å². The molecule has 2 amide bonds. The van der Waals surface area contributed by atoms with Gasteiger partial charge in [0.2, 0.25) is 0 Å². The molecule has 1 aliphatic rings. The van der Waals surface area contributed by atoms with E-state index < -0.39 is 18.0 Å². The molecule has 1 saturated heterocycles. The third-order valence-electron chi connectivity index (χ3n) is 3.19. The van der Waals surface area contributed by atoms with Crippen LogP contribution in [0.2, 0.25) is 0 Å². The standard InChI is InChI=1S/C15H17NO5/c1-3-20-13(17)8-11-6-4-5-7-12(11)14(18)16-10(2)9-21-15(16)19/h4-7,10H,3,8-9H2,1-2H3/t10-/m1/s1. The molecule has 0 bridgehead atoms. The van der Waals surface area contributed by atoms with Crippen LogP contribution in [-0.4, -0.2) is 42.1 Å². The molecule has 1 heterocycles. The lowest BCUT2D eigenvalue weighted by Crippen LogP contribution is -2.37. The van der Waals surface area contributed by atoms with Crippen LogP contribution in [0.5, 0.6) is 0 Å². The number of nitrogens with zero attached hydrogens (tertiary/aromatic N) is 1. The molecular formula is C15H17NO5. The number of amides is 2. The molecule has 1 atom stereocenters. The summed E-state index contributed by atoms with van der Waals surface area (Å²) >= 11 is 0. The van der Waals surface area contributed by atoms with Crippen molar-refractivity contribution < 1.29 is 23.9 Å². The first-order valence-electron chi connectivity index (χ1n) is 6.78. The van der Waals surface area contributed by atoms with Crippen LogP contribution in [0.3, 0.4) is 0 Å². The van der Waals surface area contributed by atoms with Crippen molar-refractivity contribution in [3.8, 4) is 0 Å². The summed E-state index contributed by atoms with van der Waals surface area (Å²) in [4.78, 5) is 36.8. The Kier molecular flexibility index (Phi) is 4.57. The van der Waals surface area contributed by atoms with E-state index in [2.05, 4.69) is 0 Å². The van der Waals surface area contributed by atoms with Gasteiger partial charge in [-0.05, 0) is 25.5 Å². The molecule has 0 saturated carbocycles. The molecule has 1 aliphatic heterocycles. The summed E-state index contributed by atoms with van der Waals surface area (Å²) in [5.41, 5.74) is 0.851. The molecule has 1 aromatic carbocycles. The lowest BCUT2D eigenvalue weighted by Gasteiger charge is -2.17. The van der Waals surface area contributed by atoms with Crippen molar-refractivity contribution >= 4 is 18.0 Å². The number of carbonyl (C=O) groups excluding carboxylic acids is 3. The predicted molar refractivity (Wildman–Crippen MR) is 73.8 cm³/mol. The number of hydrogen-bond donors (Lipinski definition) is 0. The molecule has 6 nitrogen and oxygen atoms in total. The van der Waals surface area contributed by atoms with E-state index in [9.17, 15) is 14.4 Å². The average Bonchev–Trinajstić information content (AvgIpc) is 2.78. The highest BCUT2D eigenvalue weighted by Gasteiger charge is 2.36. The van der Waals surface area contributed by atoms with Crippen molar-refractivity contribution in [1.82, 2.24) is 4.90 Å². The SMILES string of the molecule is CCOC(=O)Cc1ccccc1C(=O)N1C(=O)OC[C@H]1C. The molecule has 0 unspecified atom stereocenters. The van der Waals surface area contributed by atoms with Gasteiger partial charge in [-0.1, -0.05) is 18.2 Å². The maximum absolute atomic E-state index is 12.5. The second kappa shape index (κ2) is 6.39. The number of imide groups is 1. The minimum absolute atomic E-state index is 0.00692. The van der Waals surface area contributed by atoms with Crippen LogP contribution in [0.1, 0.15) is 29.8 Å². The van der Waals surface area contributed by atoms with Gasteiger partial charge < -0.3 is 9.47 Å². The molecule has 2 rings (SSSR count). The Morgan fingerprint density at radius 1 is 1.38 bits per heavy atom. The molecular weight excluding hydrogens is 274 g/mol. The third-order valence-corrected chi connectivity index (χ3v) is 3.19. The van der Waals surface area contributed by atoms with Gasteiger partial charge in [0.25, 0.3) is 5.91 Å². The molecule has 0 aromatic heterocycles. The Morgan fingerprint density at radius 2 is 2.10 bits per heavy atom. The number of cyclic esters (lactones) is 1. The summed E-state index contributed by atoms with van der Waals surface area (Å²) in [6, 6.07) is 6.37. The van der Waals surface area contributed by atoms with Crippen molar-refractivity contribution in [2.45, 2.75) is 26.3 Å². The van der Waals surface area contributed by atoms with Gasteiger partial charge in [0.1, 0.15) is 6.61 Å². The van der Waals surface area contributed by atoms with Gasteiger partial charge in [-0.25, -0.2) is 9.69 Å². The normalized spacial score (nSPS) is 17.5. The molecule has 1 aromatic rings. The van der Waals surface area contributed by atoms with Gasteiger partial charge in [-0.15, -0.1) is 0 Å². The zero-order chi connectivity index (χ0) is 15.4. The van der Waals surface area contributed by atoms with Crippen LogP contribution in [0.4, 0.5) is 4.79 Å². The maximum atomic E-state index is 12.5. The average molecular weight is 291 g/mol. The first-order valence-corrected chi connectivity index (χ1v) is 6.78. The maximum Gasteiger partial charge on any atom is 0.417 e. The smallest absolute Gasteiger partial charge is 0.417 e. The van der Waals surface area contributed by atoms with E-state index in [1.807, 2.05) is 0 Å². The zero-order valence-electron chi connectivity index (χ0n) is 12.0. The summed E-state index contributed by atoms with van der Waals surface area (Å²) in [7, 11) is 0. The minimum atomic E-state index is -0.654. The van der Waals surface area contributed by atoms with Gasteiger partial charge in [-0.2, -0.15) is 0 Å². The highest BCUT2D eigenvalue weighted by Crippen LogP contribution is 2.19. The monoisotopic (exact) mass is 291 g/mol. The zero-order valence-corrected chi connectivity index (χ0v) is 12.0. The van der Waals surface area contributed by atoms with Crippen molar-refractivity contribution in [2.75, 3.05) is 13.2 Å². The first kappa shape index (κ1) is 15.0. The fourth-order valence-electron chi connectivity index (χ4n) is 2.18. The molecule has 21 heavy (non-hydrogen) atoms. The molecule has 112 valence electrons. The van der Waals surface area contributed by atoms with E-state index >= 15 is 0 Å². The number of carbonyl (C=O) groups is 3. The summed E-state index contributed by atoms with van der Waals surface area (Å²) in [6.45, 7) is 3.92. The molecule has 0 spiro atoms. The second-order valence-corrected chi connectivity index (χ2v) is 4.74. The minimum Gasteiger partial charge on any atom is -0.466 e. The number of ether oxygens (including phenoxy) is 2. The van der Waals surface area contributed by atoms with Crippen LogP contribution in [0.15, 0.2) is 24.3 Å². The van der Waals surface area contributed by atoms with Crippen molar-refractivity contribution in [3.63, 3.8) is 0 Å². The van der Waals surface area contributed by atoms with Crippen LogP contribution >= 0.6 is 0 Å². The third kappa shape index (κ3) is 3.21. The summed E-state index contributed by atoms with van der Waals surface area (Å²) in [5.74, 6) is -0.861. The van der Waals surface area contributed by atoms with Gasteiger partial charge in [0.05, 0.1) is 19.1 Å². The van der Waals surface area contributed by atoms with E-state index in [-0.39, 0.29) is 25.7 Å². The van der Waals surface area contributed by atoms with Crippen LogP contribution in [0.25, 0.3) is 0 Å². The fourth-order valence-corrected chi connectivity index (χ4v) is 2.18. The molecule has 6 heteroatoms. The first-order chi connectivity index (χ1) is 10.0. The highest BCUT2D eigenvalue weighted by atomic mass is 16.6. The van der Waals surface area contributed by atoms with Crippen molar-refractivity contribution in [2.24, 2.45) is 0 Å². The number of benzene rings is 1.